The third kappa shape index (κ3) is 2.29. The predicted molar refractivity (Wildman–Crippen MR) is 56.7 cm³/mol. The highest BCUT2D eigenvalue weighted by atomic mass is 15.3. The van der Waals surface area contributed by atoms with Crippen LogP contribution in [0.25, 0.3) is 5.82 Å². The van der Waals surface area contributed by atoms with Crippen LogP contribution in [-0.2, 0) is 0 Å². The molecular formula is C9H12N6. The van der Waals surface area contributed by atoms with Crippen molar-refractivity contribution in [3.05, 3.63) is 30.6 Å². The Morgan fingerprint density at radius 3 is 2.87 bits per heavy atom. The van der Waals surface area contributed by atoms with Gasteiger partial charge in [-0.15, -0.1) is 10.2 Å². The minimum Gasteiger partial charge on any atom is -0.367 e. The third-order valence-corrected chi connectivity index (χ3v) is 1.84. The summed E-state index contributed by atoms with van der Waals surface area (Å²) in [6.07, 6.45) is 3.51. The zero-order valence-corrected chi connectivity index (χ0v) is 8.17. The zero-order chi connectivity index (χ0) is 10.5. The van der Waals surface area contributed by atoms with Crippen molar-refractivity contribution in [3.63, 3.8) is 0 Å². The lowest BCUT2D eigenvalue weighted by atomic mass is 10.5. The molecule has 6 nitrogen and oxygen atoms in total. The second-order valence-electron chi connectivity index (χ2n) is 2.94. The van der Waals surface area contributed by atoms with Crippen molar-refractivity contribution < 1.29 is 0 Å². The van der Waals surface area contributed by atoms with E-state index in [1.165, 1.54) is 0 Å². The van der Waals surface area contributed by atoms with Crippen molar-refractivity contribution in [2.24, 2.45) is 5.73 Å². The van der Waals surface area contributed by atoms with Gasteiger partial charge < -0.3 is 11.1 Å². The van der Waals surface area contributed by atoms with Crippen molar-refractivity contribution in [1.29, 1.82) is 0 Å². The van der Waals surface area contributed by atoms with Crippen LogP contribution >= 0.6 is 0 Å². The summed E-state index contributed by atoms with van der Waals surface area (Å²) in [6.45, 7) is 1.26. The maximum absolute atomic E-state index is 5.36. The molecule has 78 valence electrons. The van der Waals surface area contributed by atoms with E-state index < -0.39 is 0 Å². The Morgan fingerprint density at radius 2 is 2.27 bits per heavy atom. The van der Waals surface area contributed by atoms with E-state index in [9.17, 15) is 0 Å². The van der Waals surface area contributed by atoms with Crippen LogP contribution in [0.3, 0.4) is 0 Å². The summed E-state index contributed by atoms with van der Waals surface area (Å²) in [5, 5.41) is 15.1. The van der Waals surface area contributed by atoms with Crippen LogP contribution < -0.4 is 11.1 Å². The lowest BCUT2D eigenvalue weighted by Crippen LogP contribution is -2.14. The number of nitrogens with one attached hydrogen (secondary N) is 1. The summed E-state index contributed by atoms with van der Waals surface area (Å²) >= 11 is 0. The molecule has 2 aromatic heterocycles. The number of nitrogens with zero attached hydrogens (tertiary/aromatic N) is 4. The molecule has 2 aromatic rings. The van der Waals surface area contributed by atoms with Gasteiger partial charge in [0.15, 0.2) is 5.82 Å². The quantitative estimate of drug-likeness (QED) is 0.734. The summed E-state index contributed by atoms with van der Waals surface area (Å²) in [6, 6.07) is 5.53. The first-order chi connectivity index (χ1) is 7.40. The summed E-state index contributed by atoms with van der Waals surface area (Å²) in [4.78, 5) is 0. The average Bonchev–Trinajstić information content (AvgIpc) is 2.80. The topological polar surface area (TPSA) is 81.6 Å². The lowest BCUT2D eigenvalue weighted by Gasteiger charge is -2.03. The highest BCUT2D eigenvalue weighted by molar-refractivity contribution is 5.35. The Labute approximate surface area is 87.1 Å². The highest BCUT2D eigenvalue weighted by Crippen LogP contribution is 2.04. The number of hydrogen-bond acceptors (Lipinski definition) is 5. The largest absolute Gasteiger partial charge is 0.367 e. The Balaban J connectivity index is 2.11. The van der Waals surface area contributed by atoms with Gasteiger partial charge in [0, 0.05) is 25.5 Å². The van der Waals surface area contributed by atoms with Crippen LogP contribution in [0.4, 0.5) is 5.82 Å². The van der Waals surface area contributed by atoms with Crippen LogP contribution in [0, 0.1) is 0 Å². The summed E-state index contributed by atoms with van der Waals surface area (Å²) < 4.78 is 1.65. The van der Waals surface area contributed by atoms with Gasteiger partial charge in [0.05, 0.1) is 0 Å². The normalized spacial score (nSPS) is 10.2. The first-order valence-corrected chi connectivity index (χ1v) is 4.68. The van der Waals surface area contributed by atoms with Gasteiger partial charge in [-0.25, -0.2) is 4.68 Å². The molecule has 0 radical (unpaired) electrons. The number of nitrogens with two attached hydrogens (primary N) is 1. The van der Waals surface area contributed by atoms with Gasteiger partial charge in [-0.1, -0.05) is 0 Å². The molecule has 0 fully saturated rings. The summed E-state index contributed by atoms with van der Waals surface area (Å²) in [5.74, 6) is 1.41. The molecule has 0 bridgehead atoms. The number of anilines is 1. The van der Waals surface area contributed by atoms with Crippen LogP contribution in [0.1, 0.15) is 0 Å². The van der Waals surface area contributed by atoms with E-state index in [1.54, 1.807) is 10.9 Å². The van der Waals surface area contributed by atoms with E-state index in [0.29, 0.717) is 18.9 Å². The van der Waals surface area contributed by atoms with E-state index in [4.69, 9.17) is 5.73 Å². The average molecular weight is 204 g/mol. The molecule has 0 saturated heterocycles. The molecule has 0 saturated carbocycles. The van der Waals surface area contributed by atoms with Gasteiger partial charge in [-0.2, -0.15) is 5.10 Å². The standard InChI is InChI=1S/C9H12N6/c10-4-6-11-8-2-3-9(14-13-8)15-7-1-5-12-15/h1-3,5,7H,4,6,10H2,(H,11,13). The molecule has 0 aliphatic rings. The fourth-order valence-corrected chi connectivity index (χ4v) is 1.15. The van der Waals surface area contributed by atoms with Crippen LogP contribution in [0.15, 0.2) is 30.6 Å². The smallest absolute Gasteiger partial charge is 0.175 e. The van der Waals surface area contributed by atoms with Gasteiger partial charge in [-0.3, -0.25) is 0 Å². The third-order valence-electron chi connectivity index (χ3n) is 1.84. The highest BCUT2D eigenvalue weighted by Gasteiger charge is 1.98. The maximum atomic E-state index is 5.36. The molecule has 0 unspecified atom stereocenters. The fraction of sp³-hybridized carbons (Fsp3) is 0.222. The molecule has 0 amide bonds. The fourth-order valence-electron chi connectivity index (χ4n) is 1.15. The molecule has 0 aliphatic heterocycles. The molecule has 0 spiro atoms. The van der Waals surface area contributed by atoms with E-state index in [-0.39, 0.29) is 0 Å². The van der Waals surface area contributed by atoms with Gasteiger partial charge in [-0.05, 0) is 18.2 Å². The van der Waals surface area contributed by atoms with Gasteiger partial charge in [0.1, 0.15) is 5.82 Å². The van der Waals surface area contributed by atoms with Crippen LogP contribution in [0.2, 0.25) is 0 Å². The van der Waals surface area contributed by atoms with Gasteiger partial charge in [0.2, 0.25) is 0 Å². The second-order valence-corrected chi connectivity index (χ2v) is 2.94. The second kappa shape index (κ2) is 4.52. The summed E-state index contributed by atoms with van der Waals surface area (Å²) in [5.41, 5.74) is 5.36. The van der Waals surface area contributed by atoms with E-state index in [2.05, 4.69) is 20.6 Å². The molecule has 6 heteroatoms. The van der Waals surface area contributed by atoms with Crippen molar-refractivity contribution in [2.75, 3.05) is 18.4 Å². The van der Waals surface area contributed by atoms with E-state index >= 15 is 0 Å². The zero-order valence-electron chi connectivity index (χ0n) is 8.17. The van der Waals surface area contributed by atoms with E-state index in [0.717, 1.165) is 5.82 Å². The lowest BCUT2D eigenvalue weighted by molar-refractivity contribution is 0.813. The van der Waals surface area contributed by atoms with Crippen molar-refractivity contribution in [2.45, 2.75) is 0 Å². The predicted octanol–water partition coefficient (Wildman–Crippen LogP) is 0.0329. The van der Waals surface area contributed by atoms with Crippen molar-refractivity contribution >= 4 is 5.82 Å². The van der Waals surface area contributed by atoms with Crippen molar-refractivity contribution in [1.82, 2.24) is 20.0 Å². The molecule has 2 heterocycles. The minimum absolute atomic E-state index is 0.572. The molecule has 0 aliphatic carbocycles. The summed E-state index contributed by atoms with van der Waals surface area (Å²) in [7, 11) is 0. The monoisotopic (exact) mass is 204 g/mol. The SMILES string of the molecule is NCCNc1ccc(-n2cccn2)nn1. The molecule has 2 rings (SSSR count). The Bertz CT molecular complexity index is 393. The molecular weight excluding hydrogens is 192 g/mol. The molecule has 0 aromatic carbocycles. The molecule has 3 N–H and O–H groups in total. The molecule has 0 atom stereocenters. The number of rotatable bonds is 4. The number of aromatic nitrogens is 4. The number of hydrogen-bond donors (Lipinski definition) is 2. The van der Waals surface area contributed by atoms with Gasteiger partial charge >= 0.3 is 0 Å². The first kappa shape index (κ1) is 9.60. The Morgan fingerprint density at radius 1 is 1.33 bits per heavy atom. The van der Waals surface area contributed by atoms with Crippen LogP contribution in [-0.4, -0.2) is 33.1 Å². The first-order valence-electron chi connectivity index (χ1n) is 4.68. The maximum Gasteiger partial charge on any atom is 0.175 e. The Kier molecular flexibility index (Phi) is 2.89. The van der Waals surface area contributed by atoms with Crippen LogP contribution in [0.5, 0.6) is 0 Å². The Hall–Kier alpha value is -1.95. The molecule has 15 heavy (non-hydrogen) atoms. The van der Waals surface area contributed by atoms with Crippen molar-refractivity contribution in [3.8, 4) is 5.82 Å². The van der Waals surface area contributed by atoms with Gasteiger partial charge in [0.25, 0.3) is 0 Å². The minimum atomic E-state index is 0.572. The van der Waals surface area contributed by atoms with E-state index in [1.807, 2.05) is 24.4 Å².